The van der Waals surface area contributed by atoms with Crippen molar-refractivity contribution in [3.63, 3.8) is 0 Å². The van der Waals surface area contributed by atoms with Gasteiger partial charge in [-0.1, -0.05) is 48.5 Å². The molecule has 0 aliphatic heterocycles. The number of benzene rings is 3. The molecule has 0 saturated heterocycles. The summed E-state index contributed by atoms with van der Waals surface area (Å²) in [5.41, 5.74) is 2.29. The number of hydrogen-bond donors (Lipinski definition) is 1. The van der Waals surface area contributed by atoms with E-state index in [1.807, 2.05) is 18.2 Å². The molecule has 0 bridgehead atoms. The van der Waals surface area contributed by atoms with Gasteiger partial charge in [-0.15, -0.1) is 0 Å². The molecule has 1 amide bonds. The number of halogens is 1. The minimum absolute atomic E-state index is 0.128. The monoisotopic (exact) mass is 440 g/mol. The summed E-state index contributed by atoms with van der Waals surface area (Å²) in [4.78, 5) is 12.4. The topological polar surface area (TPSA) is 66.5 Å². The molecule has 3 aromatic rings. The fraction of sp³-hybridized carbons (Fsp3) is 0.208. The van der Waals surface area contributed by atoms with Gasteiger partial charge in [0.15, 0.2) is 0 Å². The molecule has 0 atom stereocenters. The molecule has 0 spiro atoms. The van der Waals surface area contributed by atoms with Crippen molar-refractivity contribution in [1.82, 2.24) is 5.32 Å². The van der Waals surface area contributed by atoms with E-state index in [1.165, 1.54) is 11.6 Å². The van der Waals surface area contributed by atoms with Gasteiger partial charge in [0.05, 0.1) is 18.5 Å². The zero-order valence-corrected chi connectivity index (χ0v) is 18.1. The maximum absolute atomic E-state index is 14.0. The molecule has 0 heterocycles. The molecule has 0 radical (unpaired) electrons. The first kappa shape index (κ1) is 22.5. The number of aryl methyl sites for hydroxylation is 1. The minimum Gasteiger partial charge on any atom is -0.352 e. The van der Waals surface area contributed by atoms with Gasteiger partial charge >= 0.3 is 0 Å². The summed E-state index contributed by atoms with van der Waals surface area (Å²) in [5.74, 6) is -0.692. The van der Waals surface area contributed by atoms with Crippen LogP contribution < -0.4 is 9.62 Å². The molecule has 0 aromatic heterocycles. The summed E-state index contributed by atoms with van der Waals surface area (Å²) in [5, 5.41) is 2.88. The maximum Gasteiger partial charge on any atom is 0.251 e. The van der Waals surface area contributed by atoms with Gasteiger partial charge in [-0.2, -0.15) is 0 Å². The smallest absolute Gasteiger partial charge is 0.251 e. The van der Waals surface area contributed by atoms with Crippen molar-refractivity contribution in [3.05, 3.63) is 101 Å². The average Bonchev–Trinajstić information content (AvgIpc) is 2.76. The first-order valence-corrected chi connectivity index (χ1v) is 11.8. The van der Waals surface area contributed by atoms with Gasteiger partial charge in [-0.25, -0.2) is 12.8 Å². The van der Waals surface area contributed by atoms with Crippen LogP contribution in [0.2, 0.25) is 0 Å². The Kier molecular flexibility index (Phi) is 7.41. The highest BCUT2D eigenvalue weighted by molar-refractivity contribution is 7.92. The molecular weight excluding hydrogens is 415 g/mol. The Morgan fingerprint density at radius 3 is 2.23 bits per heavy atom. The number of hydrogen-bond acceptors (Lipinski definition) is 3. The molecule has 0 aliphatic carbocycles. The molecule has 0 unspecified atom stereocenters. The first-order valence-electron chi connectivity index (χ1n) is 9.98. The summed E-state index contributed by atoms with van der Waals surface area (Å²) < 4.78 is 39.7. The van der Waals surface area contributed by atoms with E-state index in [0.29, 0.717) is 17.8 Å². The molecule has 3 aromatic carbocycles. The fourth-order valence-corrected chi connectivity index (χ4v) is 4.08. The minimum atomic E-state index is -3.64. The maximum atomic E-state index is 14.0. The number of amides is 1. The third-order valence-corrected chi connectivity index (χ3v) is 6.00. The molecule has 162 valence electrons. The molecule has 31 heavy (non-hydrogen) atoms. The Bertz CT molecular complexity index is 1120. The van der Waals surface area contributed by atoms with E-state index < -0.39 is 15.8 Å². The Morgan fingerprint density at radius 1 is 0.935 bits per heavy atom. The number of sulfonamides is 1. The van der Waals surface area contributed by atoms with E-state index in [2.05, 4.69) is 17.4 Å². The van der Waals surface area contributed by atoms with E-state index in [1.54, 1.807) is 42.5 Å². The number of anilines is 1. The van der Waals surface area contributed by atoms with Gasteiger partial charge in [-0.05, 0) is 48.7 Å². The van der Waals surface area contributed by atoms with Gasteiger partial charge in [0.1, 0.15) is 5.82 Å². The quantitative estimate of drug-likeness (QED) is 0.508. The fourth-order valence-electron chi connectivity index (χ4n) is 3.20. The van der Waals surface area contributed by atoms with Crippen LogP contribution in [0.4, 0.5) is 10.1 Å². The number of rotatable bonds is 9. The zero-order valence-electron chi connectivity index (χ0n) is 17.3. The Morgan fingerprint density at radius 2 is 1.58 bits per heavy atom. The van der Waals surface area contributed by atoms with Crippen LogP contribution in [0.1, 0.15) is 27.9 Å². The van der Waals surface area contributed by atoms with E-state index in [0.717, 1.165) is 23.4 Å². The molecule has 1 N–H and O–H groups in total. The van der Waals surface area contributed by atoms with Crippen LogP contribution in [0, 0.1) is 5.82 Å². The number of nitrogens with zero attached hydrogens (tertiary/aromatic N) is 1. The molecule has 5 nitrogen and oxygen atoms in total. The van der Waals surface area contributed by atoms with Gasteiger partial charge in [0.2, 0.25) is 10.0 Å². The molecule has 0 saturated carbocycles. The van der Waals surface area contributed by atoms with Crippen molar-refractivity contribution >= 4 is 21.6 Å². The zero-order chi connectivity index (χ0) is 22.3. The second-order valence-corrected chi connectivity index (χ2v) is 9.16. The summed E-state index contributed by atoms with van der Waals surface area (Å²) in [6.45, 7) is 0.411. The molecule has 3 rings (SSSR count). The lowest BCUT2D eigenvalue weighted by molar-refractivity contribution is 0.0953. The first-order chi connectivity index (χ1) is 14.8. The second-order valence-electron chi connectivity index (χ2n) is 7.25. The van der Waals surface area contributed by atoms with Crippen molar-refractivity contribution in [1.29, 1.82) is 0 Å². The van der Waals surface area contributed by atoms with Crippen LogP contribution in [0.15, 0.2) is 78.9 Å². The van der Waals surface area contributed by atoms with Crippen LogP contribution in [-0.4, -0.2) is 27.1 Å². The highest BCUT2D eigenvalue weighted by Crippen LogP contribution is 2.22. The van der Waals surface area contributed by atoms with Crippen LogP contribution in [0.3, 0.4) is 0 Å². The number of carbonyl (C=O) groups excluding carboxylic acids is 1. The Balaban J connectivity index is 1.62. The predicted octanol–water partition coefficient (Wildman–Crippen LogP) is 4.15. The van der Waals surface area contributed by atoms with E-state index in [-0.39, 0.29) is 18.0 Å². The average molecular weight is 441 g/mol. The van der Waals surface area contributed by atoms with Gasteiger partial charge in [0, 0.05) is 17.7 Å². The highest BCUT2D eigenvalue weighted by atomic mass is 32.2. The predicted molar refractivity (Wildman–Crippen MR) is 121 cm³/mol. The summed E-state index contributed by atoms with van der Waals surface area (Å²) >= 11 is 0. The number of nitrogens with one attached hydrogen (secondary N) is 1. The normalized spacial score (nSPS) is 11.2. The summed E-state index contributed by atoms with van der Waals surface area (Å²) in [7, 11) is -3.64. The van der Waals surface area contributed by atoms with Crippen molar-refractivity contribution < 1.29 is 17.6 Å². The van der Waals surface area contributed by atoms with Crippen molar-refractivity contribution in [2.75, 3.05) is 17.1 Å². The van der Waals surface area contributed by atoms with Crippen LogP contribution in [0.25, 0.3) is 0 Å². The van der Waals surface area contributed by atoms with Crippen molar-refractivity contribution in [2.45, 2.75) is 19.4 Å². The van der Waals surface area contributed by atoms with E-state index >= 15 is 0 Å². The van der Waals surface area contributed by atoms with Gasteiger partial charge < -0.3 is 5.32 Å². The largest absolute Gasteiger partial charge is 0.352 e. The molecule has 7 heteroatoms. The third kappa shape index (κ3) is 6.39. The SMILES string of the molecule is CS(=O)(=O)N(Cc1ccccc1F)c1ccc(C(=O)NCCCc2ccccc2)cc1. The lowest BCUT2D eigenvalue weighted by Gasteiger charge is -2.23. The van der Waals surface area contributed by atoms with E-state index in [9.17, 15) is 17.6 Å². The van der Waals surface area contributed by atoms with Crippen LogP contribution in [0.5, 0.6) is 0 Å². The Labute approximate surface area is 182 Å². The van der Waals surface area contributed by atoms with Crippen LogP contribution >= 0.6 is 0 Å². The standard InChI is InChI=1S/C24H25FN2O3S/c1-31(29,30)27(18-21-11-5-6-12-23(21)25)22-15-13-20(14-16-22)24(28)26-17-7-10-19-8-3-2-4-9-19/h2-6,8-9,11-16H,7,10,17-18H2,1H3,(H,26,28). The molecular formula is C24H25FN2O3S. The summed E-state index contributed by atoms with van der Waals surface area (Å²) in [6, 6.07) is 22.3. The lowest BCUT2D eigenvalue weighted by Crippen LogP contribution is -2.30. The lowest BCUT2D eigenvalue weighted by atomic mass is 10.1. The molecule has 0 fully saturated rings. The van der Waals surface area contributed by atoms with Crippen LogP contribution in [-0.2, 0) is 23.0 Å². The van der Waals surface area contributed by atoms with Crippen molar-refractivity contribution in [3.8, 4) is 0 Å². The third-order valence-electron chi connectivity index (χ3n) is 4.86. The van der Waals surface area contributed by atoms with E-state index in [4.69, 9.17) is 0 Å². The van der Waals surface area contributed by atoms with Gasteiger partial charge in [0.25, 0.3) is 5.91 Å². The highest BCUT2D eigenvalue weighted by Gasteiger charge is 2.19. The second kappa shape index (κ2) is 10.2. The summed E-state index contributed by atoms with van der Waals surface area (Å²) in [6.07, 6.45) is 2.76. The van der Waals surface area contributed by atoms with Gasteiger partial charge in [-0.3, -0.25) is 9.10 Å². The number of carbonyl (C=O) groups is 1. The van der Waals surface area contributed by atoms with Crippen molar-refractivity contribution in [2.24, 2.45) is 0 Å². The molecule has 0 aliphatic rings. The Hall–Kier alpha value is -3.19.